The number of para-hydroxylation sites is 1. The lowest BCUT2D eigenvalue weighted by Gasteiger charge is -2.08. The smallest absolute Gasteiger partial charge is 0.257 e. The maximum atomic E-state index is 12.4. The summed E-state index contributed by atoms with van der Waals surface area (Å²) in [4.78, 5) is 17.2. The second-order valence-corrected chi connectivity index (χ2v) is 9.74. The zero-order valence-electron chi connectivity index (χ0n) is 14.8. The van der Waals surface area contributed by atoms with Gasteiger partial charge in [0.1, 0.15) is 0 Å². The number of rotatable bonds is 5. The van der Waals surface area contributed by atoms with Crippen LogP contribution in [0.25, 0.3) is 10.2 Å². The van der Waals surface area contributed by atoms with Gasteiger partial charge in [0.15, 0.2) is 15.0 Å². The predicted molar refractivity (Wildman–Crippen MR) is 106 cm³/mol. The second-order valence-electron chi connectivity index (χ2n) is 6.21. The maximum Gasteiger partial charge on any atom is 0.257 e. The molecular weight excluding hydrogens is 368 g/mol. The first-order valence-corrected chi connectivity index (χ1v) is 10.7. The molecule has 136 valence electrons. The van der Waals surface area contributed by atoms with Gasteiger partial charge < -0.3 is 0 Å². The van der Waals surface area contributed by atoms with Crippen LogP contribution in [0, 0.1) is 0 Å². The molecule has 7 heteroatoms. The molecule has 0 aliphatic rings. The van der Waals surface area contributed by atoms with Crippen LogP contribution in [0.3, 0.4) is 0 Å². The van der Waals surface area contributed by atoms with Crippen LogP contribution >= 0.6 is 11.3 Å². The summed E-state index contributed by atoms with van der Waals surface area (Å²) in [7, 11) is -3.35. The number of fused-ring (bicyclic) bond motifs is 1. The Morgan fingerprint density at radius 2 is 1.85 bits per heavy atom. The van der Waals surface area contributed by atoms with Gasteiger partial charge in [-0.25, -0.2) is 13.4 Å². The molecule has 0 saturated carbocycles. The van der Waals surface area contributed by atoms with Gasteiger partial charge in [-0.3, -0.25) is 10.1 Å². The van der Waals surface area contributed by atoms with E-state index in [1.807, 2.05) is 18.2 Å². The van der Waals surface area contributed by atoms with Crippen molar-refractivity contribution in [1.29, 1.82) is 0 Å². The summed E-state index contributed by atoms with van der Waals surface area (Å²) >= 11 is 1.42. The summed E-state index contributed by atoms with van der Waals surface area (Å²) in [5.41, 5.74) is 2.44. The van der Waals surface area contributed by atoms with E-state index in [4.69, 9.17) is 0 Å². The molecule has 0 atom stereocenters. The molecule has 0 bridgehead atoms. The molecule has 1 aromatic heterocycles. The Balaban J connectivity index is 1.82. The fourth-order valence-corrected chi connectivity index (χ4v) is 4.55. The van der Waals surface area contributed by atoms with Crippen LogP contribution < -0.4 is 5.32 Å². The molecule has 0 spiro atoms. The van der Waals surface area contributed by atoms with Crippen molar-refractivity contribution < 1.29 is 13.2 Å². The first kappa shape index (κ1) is 18.5. The van der Waals surface area contributed by atoms with Crippen molar-refractivity contribution in [3.8, 4) is 0 Å². The molecule has 5 nitrogen and oxygen atoms in total. The first-order chi connectivity index (χ1) is 12.3. The monoisotopic (exact) mass is 388 g/mol. The minimum absolute atomic E-state index is 0.219. The van der Waals surface area contributed by atoms with Crippen molar-refractivity contribution in [1.82, 2.24) is 4.98 Å². The van der Waals surface area contributed by atoms with Crippen molar-refractivity contribution >= 4 is 42.4 Å². The van der Waals surface area contributed by atoms with Crippen molar-refractivity contribution in [3.05, 3.63) is 53.6 Å². The van der Waals surface area contributed by atoms with Crippen LogP contribution in [0.1, 0.15) is 36.7 Å². The fraction of sp³-hybridized carbons (Fsp3) is 0.263. The normalized spacial score (nSPS) is 11.8. The number of nitrogens with zero attached hydrogens (tertiary/aromatic N) is 1. The van der Waals surface area contributed by atoms with E-state index >= 15 is 0 Å². The summed E-state index contributed by atoms with van der Waals surface area (Å²) in [6.45, 7) is 5.33. The molecule has 0 fully saturated rings. The van der Waals surface area contributed by atoms with Crippen LogP contribution in [0.2, 0.25) is 0 Å². The Labute approximate surface area is 157 Å². The number of nitrogens with one attached hydrogen (secondary N) is 1. The van der Waals surface area contributed by atoms with E-state index in [-0.39, 0.29) is 10.8 Å². The number of hydrogen-bond donors (Lipinski definition) is 1. The van der Waals surface area contributed by atoms with E-state index in [9.17, 15) is 13.2 Å². The number of benzene rings is 2. The highest BCUT2D eigenvalue weighted by Gasteiger charge is 2.19. The molecule has 2 aromatic carbocycles. The highest BCUT2D eigenvalue weighted by molar-refractivity contribution is 7.92. The van der Waals surface area contributed by atoms with E-state index in [2.05, 4.69) is 17.2 Å². The van der Waals surface area contributed by atoms with Gasteiger partial charge >= 0.3 is 0 Å². The molecule has 0 aliphatic heterocycles. The molecule has 3 rings (SSSR count). The SMILES string of the molecule is CCc1cccc2sc(NC(=O)c3ccc(S(=O)(=O)C(C)C)cc3)nc12. The van der Waals surface area contributed by atoms with Gasteiger partial charge in [0.2, 0.25) is 0 Å². The van der Waals surface area contributed by atoms with Crippen molar-refractivity contribution in [2.75, 3.05) is 5.32 Å². The third-order valence-electron chi connectivity index (χ3n) is 4.17. The summed E-state index contributed by atoms with van der Waals surface area (Å²) in [6, 6.07) is 12.0. The molecule has 3 aromatic rings. The van der Waals surface area contributed by atoms with Crippen molar-refractivity contribution in [3.63, 3.8) is 0 Å². The molecule has 1 heterocycles. The lowest BCUT2D eigenvalue weighted by atomic mass is 10.1. The number of carbonyl (C=O) groups excluding carboxylic acids is 1. The molecule has 1 amide bonds. The van der Waals surface area contributed by atoms with E-state index in [0.29, 0.717) is 10.7 Å². The number of sulfone groups is 1. The Morgan fingerprint density at radius 1 is 1.15 bits per heavy atom. The Bertz CT molecular complexity index is 1050. The predicted octanol–water partition coefficient (Wildman–Crippen LogP) is 4.29. The van der Waals surface area contributed by atoms with Crippen LogP contribution in [-0.2, 0) is 16.3 Å². The molecule has 0 radical (unpaired) electrons. The van der Waals surface area contributed by atoms with E-state index in [0.717, 1.165) is 22.2 Å². The van der Waals surface area contributed by atoms with Gasteiger partial charge in [0.05, 0.1) is 20.4 Å². The molecule has 26 heavy (non-hydrogen) atoms. The second kappa shape index (κ2) is 7.17. The van der Waals surface area contributed by atoms with Gasteiger partial charge in [-0.1, -0.05) is 30.4 Å². The lowest BCUT2D eigenvalue weighted by molar-refractivity contribution is 0.102. The van der Waals surface area contributed by atoms with Gasteiger partial charge in [0, 0.05) is 5.56 Å². The number of hydrogen-bond acceptors (Lipinski definition) is 5. The number of thiazole rings is 1. The van der Waals surface area contributed by atoms with Crippen molar-refractivity contribution in [2.24, 2.45) is 0 Å². The Hall–Kier alpha value is -2.25. The van der Waals surface area contributed by atoms with E-state index in [1.54, 1.807) is 13.8 Å². The van der Waals surface area contributed by atoms with Crippen LogP contribution in [0.4, 0.5) is 5.13 Å². The summed E-state index contributed by atoms with van der Waals surface area (Å²) in [5.74, 6) is -0.310. The largest absolute Gasteiger partial charge is 0.298 e. The Kier molecular flexibility index (Phi) is 5.11. The number of amides is 1. The standard InChI is InChI=1S/C19H20N2O3S2/c1-4-13-6-5-7-16-17(13)20-19(25-16)21-18(22)14-8-10-15(11-9-14)26(23,24)12(2)3/h5-12H,4H2,1-3H3,(H,20,21,22). The molecule has 0 unspecified atom stereocenters. The first-order valence-electron chi connectivity index (χ1n) is 8.36. The van der Waals surface area contributed by atoms with Crippen LogP contribution in [0.15, 0.2) is 47.4 Å². The zero-order chi connectivity index (χ0) is 18.9. The number of aromatic nitrogens is 1. The van der Waals surface area contributed by atoms with Gasteiger partial charge in [-0.15, -0.1) is 0 Å². The molecule has 0 aliphatic carbocycles. The maximum absolute atomic E-state index is 12.4. The van der Waals surface area contributed by atoms with E-state index < -0.39 is 15.1 Å². The topological polar surface area (TPSA) is 76.1 Å². The van der Waals surface area contributed by atoms with Gasteiger partial charge in [0.25, 0.3) is 5.91 Å². The third kappa shape index (κ3) is 3.50. The number of carbonyl (C=O) groups is 1. The van der Waals surface area contributed by atoms with E-state index in [1.165, 1.54) is 35.6 Å². The number of anilines is 1. The highest BCUT2D eigenvalue weighted by atomic mass is 32.2. The average molecular weight is 389 g/mol. The Morgan fingerprint density at radius 3 is 2.46 bits per heavy atom. The van der Waals surface area contributed by atoms with Gasteiger partial charge in [-0.05, 0) is 56.2 Å². The fourth-order valence-electron chi connectivity index (χ4n) is 2.58. The molecular formula is C19H20N2O3S2. The summed E-state index contributed by atoms with van der Waals surface area (Å²) in [5, 5.41) is 2.83. The summed E-state index contributed by atoms with van der Waals surface area (Å²) in [6.07, 6.45) is 0.875. The molecule has 0 saturated heterocycles. The summed E-state index contributed by atoms with van der Waals surface area (Å²) < 4.78 is 25.3. The van der Waals surface area contributed by atoms with Crippen LogP contribution in [0.5, 0.6) is 0 Å². The average Bonchev–Trinajstić information content (AvgIpc) is 3.03. The minimum Gasteiger partial charge on any atom is -0.298 e. The van der Waals surface area contributed by atoms with Crippen LogP contribution in [-0.4, -0.2) is 24.6 Å². The number of aryl methyl sites for hydroxylation is 1. The molecule has 1 N–H and O–H groups in total. The van der Waals surface area contributed by atoms with Crippen molar-refractivity contribution in [2.45, 2.75) is 37.3 Å². The zero-order valence-corrected chi connectivity index (χ0v) is 16.4. The third-order valence-corrected chi connectivity index (χ3v) is 7.28. The lowest BCUT2D eigenvalue weighted by Crippen LogP contribution is -2.15. The quantitative estimate of drug-likeness (QED) is 0.707. The van der Waals surface area contributed by atoms with Gasteiger partial charge in [-0.2, -0.15) is 0 Å². The minimum atomic E-state index is -3.35. The highest BCUT2D eigenvalue weighted by Crippen LogP contribution is 2.29.